The summed E-state index contributed by atoms with van der Waals surface area (Å²) in [4.78, 5) is 0. The van der Waals surface area contributed by atoms with Crippen LogP contribution in [-0.2, 0) is 13.6 Å². The van der Waals surface area contributed by atoms with E-state index in [1.165, 1.54) is 0 Å². The molecule has 0 spiro atoms. The van der Waals surface area contributed by atoms with Gasteiger partial charge < -0.3 is 24.4 Å². The quantitative estimate of drug-likeness (QED) is 0.438. The maximum Gasteiger partial charge on any atom is 0.362 e. The van der Waals surface area contributed by atoms with Crippen LogP contribution in [0.25, 0.3) is 0 Å². The molecule has 0 heterocycles. The Morgan fingerprint density at radius 3 is 1.57 bits per heavy atom. The molecule has 8 atom stereocenters. The molecule has 6 nitrogen and oxygen atoms in total. The minimum absolute atomic E-state index is 0.225. The fraction of sp³-hybridized carbons (Fsp3) is 1.00. The zero-order chi connectivity index (χ0) is 22.6. The Hall–Kier alpha value is 0.0300. The molecule has 0 aromatic rings. The summed E-state index contributed by atoms with van der Waals surface area (Å²) in [6.45, 7) is 12.2. The Labute approximate surface area is 183 Å². The summed E-state index contributed by atoms with van der Waals surface area (Å²) in [5, 5.41) is 30.3. The smallest absolute Gasteiger partial charge is 0.362 e. The van der Waals surface area contributed by atoms with Crippen molar-refractivity contribution in [1.82, 2.24) is 0 Å². The van der Waals surface area contributed by atoms with Crippen LogP contribution in [0.4, 0.5) is 0 Å². The molecule has 0 amide bonds. The lowest BCUT2D eigenvalue weighted by atomic mass is 9.75. The Morgan fingerprint density at radius 1 is 0.833 bits per heavy atom. The fourth-order valence-corrected chi connectivity index (χ4v) is 7.36. The highest BCUT2D eigenvalue weighted by atomic mass is 31.2. The van der Waals surface area contributed by atoms with Gasteiger partial charge in [-0.25, -0.2) is 0 Å². The first-order valence-electron chi connectivity index (χ1n) is 11.9. The van der Waals surface area contributed by atoms with Gasteiger partial charge in [0, 0.05) is 0 Å². The molecule has 2 aliphatic rings. The molecule has 2 rings (SSSR count). The van der Waals surface area contributed by atoms with Crippen molar-refractivity contribution in [1.29, 1.82) is 0 Å². The van der Waals surface area contributed by atoms with E-state index in [4.69, 9.17) is 9.05 Å². The van der Waals surface area contributed by atoms with Gasteiger partial charge in [0.05, 0.1) is 18.8 Å². The van der Waals surface area contributed by atoms with Crippen molar-refractivity contribution in [2.75, 3.05) is 6.61 Å². The maximum atomic E-state index is 14.0. The third-order valence-corrected chi connectivity index (χ3v) is 9.46. The number of hydrogen-bond donors (Lipinski definition) is 3. The highest BCUT2D eigenvalue weighted by Crippen LogP contribution is 2.59. The molecule has 30 heavy (non-hydrogen) atoms. The van der Waals surface area contributed by atoms with Crippen LogP contribution in [0.5, 0.6) is 0 Å². The normalized spacial score (nSPS) is 35.6. The molecule has 0 aromatic heterocycles. The standard InChI is InChI=1S/C23H45O6P/c1-14(2)18-9-7-16(5)11-21(18)28-30(27,23(26)20(25)13-24)29-22-12-17(6)8-10-19(22)15(3)4/h14-26H,7-13H2,1-6H3/t16-,17-,18-,19-,20-,21-,22-,23+/m1/s1. The fourth-order valence-electron chi connectivity index (χ4n) is 5.30. The van der Waals surface area contributed by atoms with Crippen molar-refractivity contribution in [3.05, 3.63) is 0 Å². The molecule has 0 bridgehead atoms. The van der Waals surface area contributed by atoms with E-state index < -0.39 is 26.2 Å². The monoisotopic (exact) mass is 448 g/mol. The van der Waals surface area contributed by atoms with Crippen LogP contribution in [0, 0.1) is 35.5 Å². The number of aliphatic hydroxyl groups is 3. The summed E-state index contributed by atoms with van der Waals surface area (Å²) in [6, 6.07) is 0. The third kappa shape index (κ3) is 6.52. The lowest BCUT2D eigenvalue weighted by Gasteiger charge is -2.43. The van der Waals surface area contributed by atoms with Crippen LogP contribution in [0.3, 0.4) is 0 Å². The molecule has 0 aromatic carbocycles. The van der Waals surface area contributed by atoms with Crippen LogP contribution in [0.15, 0.2) is 0 Å². The van der Waals surface area contributed by atoms with Crippen LogP contribution < -0.4 is 0 Å². The molecular weight excluding hydrogens is 403 g/mol. The Balaban J connectivity index is 2.31. The molecule has 0 aliphatic heterocycles. The molecule has 0 saturated heterocycles. The van der Waals surface area contributed by atoms with Gasteiger partial charge in [-0.05, 0) is 61.2 Å². The van der Waals surface area contributed by atoms with Crippen molar-refractivity contribution in [2.45, 2.75) is 104 Å². The summed E-state index contributed by atoms with van der Waals surface area (Å²) < 4.78 is 26.4. The first-order chi connectivity index (χ1) is 14.0. The minimum Gasteiger partial charge on any atom is -0.394 e. The second-order valence-electron chi connectivity index (χ2n) is 10.6. The van der Waals surface area contributed by atoms with Gasteiger partial charge in [0.15, 0.2) is 5.85 Å². The Kier molecular flexibility index (Phi) is 9.85. The minimum atomic E-state index is -4.08. The summed E-state index contributed by atoms with van der Waals surface area (Å²) in [6.07, 6.45) is 3.54. The van der Waals surface area contributed by atoms with Crippen molar-refractivity contribution in [3.63, 3.8) is 0 Å². The van der Waals surface area contributed by atoms with E-state index in [1.54, 1.807) is 0 Å². The van der Waals surface area contributed by atoms with Gasteiger partial charge in [-0.3, -0.25) is 4.57 Å². The average molecular weight is 449 g/mol. The average Bonchev–Trinajstić information content (AvgIpc) is 2.66. The number of rotatable bonds is 9. The molecule has 2 saturated carbocycles. The Bertz CT molecular complexity index is 530. The van der Waals surface area contributed by atoms with Gasteiger partial charge >= 0.3 is 7.60 Å². The van der Waals surface area contributed by atoms with Gasteiger partial charge in [-0.15, -0.1) is 0 Å². The highest BCUT2D eigenvalue weighted by molar-refractivity contribution is 7.54. The molecule has 3 N–H and O–H groups in total. The second kappa shape index (κ2) is 11.2. The van der Waals surface area contributed by atoms with Gasteiger partial charge in [-0.1, -0.05) is 54.4 Å². The van der Waals surface area contributed by atoms with Crippen molar-refractivity contribution in [3.8, 4) is 0 Å². The highest BCUT2D eigenvalue weighted by Gasteiger charge is 2.48. The summed E-state index contributed by atoms with van der Waals surface area (Å²) in [5.74, 6) is 0.291. The molecule has 2 aliphatic carbocycles. The molecule has 0 radical (unpaired) electrons. The predicted octanol–water partition coefficient (Wildman–Crippen LogP) is 4.81. The predicted molar refractivity (Wildman–Crippen MR) is 119 cm³/mol. The van der Waals surface area contributed by atoms with Gasteiger partial charge in [-0.2, -0.15) is 0 Å². The topological polar surface area (TPSA) is 96.2 Å². The lowest BCUT2D eigenvalue weighted by Crippen LogP contribution is -2.40. The van der Waals surface area contributed by atoms with Crippen LogP contribution in [0.2, 0.25) is 0 Å². The largest absolute Gasteiger partial charge is 0.394 e. The Morgan fingerprint density at radius 2 is 1.23 bits per heavy atom. The van der Waals surface area contributed by atoms with Gasteiger partial charge in [0.1, 0.15) is 6.10 Å². The van der Waals surface area contributed by atoms with E-state index in [-0.39, 0.29) is 24.0 Å². The van der Waals surface area contributed by atoms with Crippen molar-refractivity contribution < 1.29 is 28.9 Å². The maximum absolute atomic E-state index is 14.0. The van der Waals surface area contributed by atoms with E-state index >= 15 is 0 Å². The number of hydrogen-bond acceptors (Lipinski definition) is 6. The zero-order valence-electron chi connectivity index (χ0n) is 19.7. The van der Waals surface area contributed by atoms with Gasteiger partial charge in [0.2, 0.25) is 0 Å². The molecule has 7 heteroatoms. The molecule has 0 unspecified atom stereocenters. The zero-order valence-corrected chi connectivity index (χ0v) is 20.6. The summed E-state index contributed by atoms with van der Waals surface area (Å²) in [7, 11) is -4.08. The van der Waals surface area contributed by atoms with E-state index in [2.05, 4.69) is 41.5 Å². The molecule has 178 valence electrons. The SMILES string of the molecule is CC(C)[C@H]1CC[C@@H](C)C[C@H]1OP(=O)(O[C@@H]1C[C@H](C)CC[C@@H]1C(C)C)[C@H](O)[C@H](O)CO. The van der Waals surface area contributed by atoms with E-state index in [0.29, 0.717) is 23.7 Å². The summed E-state index contributed by atoms with van der Waals surface area (Å²) >= 11 is 0. The first kappa shape index (κ1) is 26.3. The van der Waals surface area contributed by atoms with Gasteiger partial charge in [0.25, 0.3) is 0 Å². The van der Waals surface area contributed by atoms with E-state index in [0.717, 1.165) is 38.5 Å². The number of aliphatic hydroxyl groups excluding tert-OH is 3. The lowest BCUT2D eigenvalue weighted by molar-refractivity contribution is -0.0382. The summed E-state index contributed by atoms with van der Waals surface area (Å²) in [5.41, 5.74) is 0. The van der Waals surface area contributed by atoms with E-state index in [1.807, 2.05) is 0 Å². The second-order valence-corrected chi connectivity index (χ2v) is 12.7. The van der Waals surface area contributed by atoms with Crippen LogP contribution in [0.1, 0.15) is 80.1 Å². The van der Waals surface area contributed by atoms with Crippen molar-refractivity contribution >= 4 is 7.60 Å². The first-order valence-corrected chi connectivity index (χ1v) is 13.5. The molecule has 2 fully saturated rings. The van der Waals surface area contributed by atoms with Crippen molar-refractivity contribution in [2.24, 2.45) is 35.5 Å². The van der Waals surface area contributed by atoms with Crippen LogP contribution in [-0.4, -0.2) is 46.1 Å². The third-order valence-electron chi connectivity index (χ3n) is 7.34. The van der Waals surface area contributed by atoms with E-state index in [9.17, 15) is 19.9 Å². The molecular formula is C23H45O6P. The van der Waals surface area contributed by atoms with Crippen LogP contribution >= 0.6 is 7.60 Å².